The number of hydrogen-bond acceptors (Lipinski definition) is 4. The number of benzene rings is 2. The maximum absolute atomic E-state index is 14.2. The van der Waals surface area contributed by atoms with Crippen LogP contribution in [0.15, 0.2) is 47.4 Å². The maximum Gasteiger partial charge on any atom is 0.343 e. The van der Waals surface area contributed by atoms with E-state index in [-0.39, 0.29) is 34.8 Å². The van der Waals surface area contributed by atoms with Gasteiger partial charge in [-0.15, -0.1) is 0 Å². The number of rotatable bonds is 4. The van der Waals surface area contributed by atoms with Crippen LogP contribution in [0, 0.1) is 12.7 Å². The third-order valence-electron chi connectivity index (χ3n) is 6.18. The van der Waals surface area contributed by atoms with Crippen molar-refractivity contribution in [1.29, 1.82) is 0 Å². The molecular weight excluding hydrogens is 433 g/mol. The number of piperidine rings is 1. The Morgan fingerprint density at radius 3 is 2.62 bits per heavy atom. The fourth-order valence-electron chi connectivity index (χ4n) is 4.40. The molecule has 1 unspecified atom stereocenters. The van der Waals surface area contributed by atoms with Crippen LogP contribution in [0.4, 0.5) is 20.6 Å². The Kier molecular flexibility index (Phi) is 5.94. The van der Waals surface area contributed by atoms with Crippen molar-refractivity contribution in [3.8, 4) is 0 Å². The number of para-hydroxylation sites is 1. The first-order chi connectivity index (χ1) is 15.3. The number of carbonyl (C=O) groups excluding carboxylic acids is 2. The highest BCUT2D eigenvalue weighted by atomic mass is 32.2. The zero-order chi connectivity index (χ0) is 23.0. The van der Waals surface area contributed by atoms with Gasteiger partial charge in [0.25, 0.3) is 10.0 Å². The third kappa shape index (κ3) is 3.74. The Bertz CT molecular complexity index is 1170. The Balaban J connectivity index is 1.76. The Morgan fingerprint density at radius 2 is 1.91 bits per heavy atom. The van der Waals surface area contributed by atoms with Gasteiger partial charge in [-0.1, -0.05) is 25.1 Å². The van der Waals surface area contributed by atoms with E-state index in [1.807, 2.05) is 6.92 Å². The number of aryl methyl sites for hydroxylation is 1. The SMILES string of the molecule is CCC1CCCCN1C(=O)CN1C(=O)N(c2ccc(C)c(F)c2)S(=O)(=O)c2ccccc21. The number of halogens is 1. The summed E-state index contributed by atoms with van der Waals surface area (Å²) in [4.78, 5) is 29.5. The van der Waals surface area contributed by atoms with Gasteiger partial charge in [-0.05, 0) is 62.4 Å². The smallest absolute Gasteiger partial charge is 0.338 e. The van der Waals surface area contributed by atoms with Gasteiger partial charge in [0, 0.05) is 12.6 Å². The number of nitrogens with zero attached hydrogens (tertiary/aromatic N) is 3. The Morgan fingerprint density at radius 1 is 1.16 bits per heavy atom. The number of fused-ring (bicyclic) bond motifs is 1. The topological polar surface area (TPSA) is 78.0 Å². The molecule has 0 radical (unpaired) electrons. The van der Waals surface area contributed by atoms with E-state index in [1.165, 1.54) is 29.2 Å². The Labute approximate surface area is 187 Å². The van der Waals surface area contributed by atoms with Gasteiger partial charge in [0.2, 0.25) is 5.91 Å². The quantitative estimate of drug-likeness (QED) is 0.691. The van der Waals surface area contributed by atoms with Crippen LogP contribution < -0.4 is 9.21 Å². The Hall–Kier alpha value is -2.94. The van der Waals surface area contributed by atoms with Crippen molar-refractivity contribution >= 4 is 33.3 Å². The molecule has 1 fully saturated rings. The van der Waals surface area contributed by atoms with Crippen LogP contribution in [-0.2, 0) is 14.8 Å². The number of sulfonamides is 1. The van der Waals surface area contributed by atoms with Crippen LogP contribution in [0.5, 0.6) is 0 Å². The summed E-state index contributed by atoms with van der Waals surface area (Å²) < 4.78 is 41.4. The number of carbonyl (C=O) groups is 2. The highest BCUT2D eigenvalue weighted by molar-refractivity contribution is 7.94. The summed E-state index contributed by atoms with van der Waals surface area (Å²) in [6.07, 6.45) is 3.68. The molecule has 2 aromatic carbocycles. The van der Waals surface area contributed by atoms with Crippen LogP contribution >= 0.6 is 0 Å². The van der Waals surface area contributed by atoms with Crippen LogP contribution in [0.2, 0.25) is 0 Å². The summed E-state index contributed by atoms with van der Waals surface area (Å²) in [6.45, 7) is 3.91. The zero-order valence-corrected chi connectivity index (χ0v) is 18.9. The van der Waals surface area contributed by atoms with E-state index in [1.54, 1.807) is 24.0 Å². The number of likely N-dealkylation sites (tertiary alicyclic amines) is 1. The van der Waals surface area contributed by atoms with Crippen molar-refractivity contribution in [3.63, 3.8) is 0 Å². The lowest BCUT2D eigenvalue weighted by atomic mass is 10.00. The van der Waals surface area contributed by atoms with E-state index >= 15 is 0 Å². The van der Waals surface area contributed by atoms with Crippen molar-refractivity contribution in [2.45, 2.75) is 50.5 Å². The van der Waals surface area contributed by atoms with E-state index in [4.69, 9.17) is 0 Å². The molecule has 2 aromatic rings. The van der Waals surface area contributed by atoms with Gasteiger partial charge >= 0.3 is 6.03 Å². The highest BCUT2D eigenvalue weighted by Crippen LogP contribution is 2.37. The molecule has 3 amide bonds. The van der Waals surface area contributed by atoms with Crippen LogP contribution in [0.3, 0.4) is 0 Å². The first kappa shape index (κ1) is 22.3. The summed E-state index contributed by atoms with van der Waals surface area (Å²) in [5.41, 5.74) is 0.382. The number of amides is 3. The molecule has 0 aliphatic carbocycles. The molecule has 2 aliphatic rings. The fourth-order valence-corrected chi connectivity index (χ4v) is 5.99. The molecule has 170 valence electrons. The van der Waals surface area contributed by atoms with Crippen molar-refractivity contribution in [3.05, 3.63) is 53.8 Å². The average Bonchev–Trinajstić information content (AvgIpc) is 2.78. The first-order valence-corrected chi connectivity index (χ1v) is 12.2. The second kappa shape index (κ2) is 8.54. The summed E-state index contributed by atoms with van der Waals surface area (Å²) >= 11 is 0. The van der Waals surface area contributed by atoms with Crippen molar-refractivity contribution in [2.24, 2.45) is 0 Å². The van der Waals surface area contributed by atoms with E-state index in [0.29, 0.717) is 16.4 Å². The minimum atomic E-state index is -4.27. The van der Waals surface area contributed by atoms with Crippen molar-refractivity contribution in [2.75, 3.05) is 22.3 Å². The highest BCUT2D eigenvalue weighted by Gasteiger charge is 2.43. The van der Waals surface area contributed by atoms with Gasteiger partial charge in [-0.2, -0.15) is 4.31 Å². The van der Waals surface area contributed by atoms with E-state index in [0.717, 1.165) is 31.7 Å². The zero-order valence-electron chi connectivity index (χ0n) is 18.1. The van der Waals surface area contributed by atoms with Crippen molar-refractivity contribution < 1.29 is 22.4 Å². The number of urea groups is 1. The van der Waals surface area contributed by atoms with Crippen LogP contribution in [-0.4, -0.2) is 44.4 Å². The molecule has 0 aromatic heterocycles. The van der Waals surface area contributed by atoms with Gasteiger partial charge in [0.1, 0.15) is 17.3 Å². The minimum absolute atomic E-state index is 0.0981. The van der Waals surface area contributed by atoms with Gasteiger partial charge in [0.05, 0.1) is 11.4 Å². The molecule has 2 heterocycles. The molecule has 0 N–H and O–H groups in total. The molecule has 0 saturated carbocycles. The van der Waals surface area contributed by atoms with Gasteiger partial charge in [-0.25, -0.2) is 17.6 Å². The third-order valence-corrected chi connectivity index (χ3v) is 7.93. The monoisotopic (exact) mass is 459 g/mol. The number of hydrogen-bond donors (Lipinski definition) is 0. The van der Waals surface area contributed by atoms with E-state index in [2.05, 4.69) is 0 Å². The summed E-state index contributed by atoms with van der Waals surface area (Å²) in [7, 11) is -4.27. The second-order valence-electron chi connectivity index (χ2n) is 8.18. The lowest BCUT2D eigenvalue weighted by molar-refractivity contribution is -0.133. The predicted molar refractivity (Wildman–Crippen MR) is 120 cm³/mol. The molecule has 0 bridgehead atoms. The molecule has 4 rings (SSSR count). The minimum Gasteiger partial charge on any atom is -0.338 e. The molecule has 32 heavy (non-hydrogen) atoms. The summed E-state index contributed by atoms with van der Waals surface area (Å²) in [5.74, 6) is -0.847. The molecule has 9 heteroatoms. The second-order valence-corrected chi connectivity index (χ2v) is 9.94. The summed E-state index contributed by atoms with van der Waals surface area (Å²) in [6, 6.07) is 9.12. The van der Waals surface area contributed by atoms with Gasteiger partial charge in [-0.3, -0.25) is 9.69 Å². The molecule has 0 spiro atoms. The molecule has 1 atom stereocenters. The maximum atomic E-state index is 14.2. The standard InChI is InChI=1S/C23H26FN3O4S/c1-3-17-8-6-7-13-25(17)22(28)15-26-20-9-4-5-10-21(20)32(30,31)27(23(26)29)18-12-11-16(2)19(24)14-18/h4-5,9-12,14,17H,3,6-8,13,15H2,1-2H3. The first-order valence-electron chi connectivity index (χ1n) is 10.8. The molecule has 2 aliphatic heterocycles. The lowest BCUT2D eigenvalue weighted by Crippen LogP contribution is -2.55. The molecule has 1 saturated heterocycles. The largest absolute Gasteiger partial charge is 0.343 e. The fraction of sp³-hybridized carbons (Fsp3) is 0.391. The lowest BCUT2D eigenvalue weighted by Gasteiger charge is -2.39. The normalized spacial score (nSPS) is 20.3. The average molecular weight is 460 g/mol. The van der Waals surface area contributed by atoms with Crippen molar-refractivity contribution in [1.82, 2.24) is 4.90 Å². The summed E-state index contributed by atoms with van der Waals surface area (Å²) in [5, 5.41) is 0. The van der Waals surface area contributed by atoms with Gasteiger partial charge < -0.3 is 4.90 Å². The molecule has 7 nitrogen and oxygen atoms in total. The molecular formula is C23H26FN3O4S. The van der Waals surface area contributed by atoms with Crippen LogP contribution in [0.1, 0.15) is 38.2 Å². The van der Waals surface area contributed by atoms with E-state index in [9.17, 15) is 22.4 Å². The van der Waals surface area contributed by atoms with E-state index < -0.39 is 21.9 Å². The number of anilines is 2. The van der Waals surface area contributed by atoms with Gasteiger partial charge in [0.15, 0.2) is 0 Å². The van der Waals surface area contributed by atoms with Crippen LogP contribution in [0.25, 0.3) is 0 Å². The predicted octanol–water partition coefficient (Wildman–Crippen LogP) is 4.06.